The Balaban J connectivity index is 1.77. The summed E-state index contributed by atoms with van der Waals surface area (Å²) in [7, 11) is -1.68. The second-order valence-corrected chi connectivity index (χ2v) is 7.64. The number of rotatable bonds is 2. The van der Waals surface area contributed by atoms with Crippen LogP contribution in [0.3, 0.4) is 0 Å². The molecule has 8 heteroatoms. The Morgan fingerprint density at radius 3 is 3.09 bits per heavy atom. The number of fused-ring (bicyclic) bond motifs is 2. The molecule has 0 bridgehead atoms. The lowest BCUT2D eigenvalue weighted by Gasteiger charge is -2.19. The molecule has 0 saturated heterocycles. The maximum absolute atomic E-state index is 13.1. The quantitative estimate of drug-likeness (QED) is 0.770. The molecule has 0 aromatic carbocycles. The summed E-state index contributed by atoms with van der Waals surface area (Å²) in [6.45, 7) is 0.863. The number of aromatic nitrogens is 4. The summed E-state index contributed by atoms with van der Waals surface area (Å²) >= 11 is 0. The van der Waals surface area contributed by atoms with Gasteiger partial charge in [-0.15, -0.1) is 0 Å². The minimum atomic E-state index is -3.58. The summed E-state index contributed by atoms with van der Waals surface area (Å²) in [5, 5.41) is 4.88. The van der Waals surface area contributed by atoms with Gasteiger partial charge in [0.15, 0.2) is 0 Å². The third-order valence-corrected chi connectivity index (χ3v) is 6.23. The Morgan fingerprint density at radius 2 is 2.22 bits per heavy atom. The molecule has 4 rings (SSSR count). The van der Waals surface area contributed by atoms with Gasteiger partial charge in [-0.2, -0.15) is 9.40 Å². The van der Waals surface area contributed by atoms with Crippen LogP contribution in [-0.2, 0) is 30.0 Å². The lowest BCUT2D eigenvalue weighted by atomic mass is 10.2. The number of nitrogens with zero attached hydrogens (tertiary/aromatic N) is 4. The fraction of sp³-hybridized carbons (Fsp3) is 0.333. The van der Waals surface area contributed by atoms with Gasteiger partial charge >= 0.3 is 0 Å². The molecule has 23 heavy (non-hydrogen) atoms. The van der Waals surface area contributed by atoms with Crippen LogP contribution in [0.2, 0.25) is 0 Å². The van der Waals surface area contributed by atoms with Crippen LogP contribution >= 0.6 is 0 Å². The number of H-pyrrole nitrogens is 1. The molecule has 120 valence electrons. The Hall–Kier alpha value is -2.19. The van der Waals surface area contributed by atoms with Crippen molar-refractivity contribution in [2.75, 3.05) is 6.54 Å². The van der Waals surface area contributed by atoms with Crippen LogP contribution in [0.4, 0.5) is 0 Å². The molecule has 0 saturated carbocycles. The standard InChI is InChI=1S/C15H17N5O2S/c1-19-13-5-3-7-20(10-11(13)8-18-19)23(21,22)14-9-17-15-12(14)4-2-6-16-15/h2,4,6,8-9H,3,5,7,10H2,1H3,(H,16,17). The third-order valence-electron chi connectivity index (χ3n) is 4.35. The van der Waals surface area contributed by atoms with Gasteiger partial charge in [0.1, 0.15) is 10.5 Å². The summed E-state index contributed by atoms with van der Waals surface area (Å²) in [5.41, 5.74) is 2.68. The van der Waals surface area contributed by atoms with Crippen molar-refractivity contribution >= 4 is 21.1 Å². The zero-order chi connectivity index (χ0) is 16.0. The lowest BCUT2D eigenvalue weighted by Crippen LogP contribution is -2.30. The molecule has 0 amide bonds. The first-order valence-electron chi connectivity index (χ1n) is 7.49. The van der Waals surface area contributed by atoms with E-state index in [1.54, 1.807) is 24.5 Å². The number of aryl methyl sites for hydroxylation is 1. The zero-order valence-corrected chi connectivity index (χ0v) is 13.5. The van der Waals surface area contributed by atoms with Gasteiger partial charge in [-0.05, 0) is 25.0 Å². The second kappa shape index (κ2) is 5.17. The largest absolute Gasteiger partial charge is 0.345 e. The van der Waals surface area contributed by atoms with Crippen LogP contribution < -0.4 is 0 Å². The van der Waals surface area contributed by atoms with Crippen molar-refractivity contribution in [1.82, 2.24) is 24.1 Å². The smallest absolute Gasteiger partial charge is 0.245 e. The fourth-order valence-corrected chi connectivity index (χ4v) is 4.75. The molecule has 7 nitrogen and oxygen atoms in total. The second-order valence-electron chi connectivity index (χ2n) is 5.73. The summed E-state index contributed by atoms with van der Waals surface area (Å²) < 4.78 is 29.5. The van der Waals surface area contributed by atoms with E-state index in [0.29, 0.717) is 24.1 Å². The summed E-state index contributed by atoms with van der Waals surface area (Å²) in [4.78, 5) is 7.39. The summed E-state index contributed by atoms with van der Waals surface area (Å²) in [6.07, 6.45) is 6.56. The van der Waals surface area contributed by atoms with Gasteiger partial charge in [0.05, 0.1) is 6.20 Å². The Kier molecular flexibility index (Phi) is 3.24. The molecule has 1 N–H and O–H groups in total. The summed E-state index contributed by atoms with van der Waals surface area (Å²) in [6, 6.07) is 3.52. The molecule has 0 fully saturated rings. The fourth-order valence-electron chi connectivity index (χ4n) is 3.14. The molecule has 1 aliphatic rings. The van der Waals surface area contributed by atoms with E-state index in [1.807, 2.05) is 11.7 Å². The van der Waals surface area contributed by atoms with E-state index in [9.17, 15) is 8.42 Å². The van der Waals surface area contributed by atoms with Gasteiger partial charge in [0.25, 0.3) is 0 Å². The molecule has 0 radical (unpaired) electrons. The van der Waals surface area contributed by atoms with Gasteiger partial charge in [-0.1, -0.05) is 0 Å². The van der Waals surface area contributed by atoms with Crippen LogP contribution in [0.15, 0.2) is 35.6 Å². The van der Waals surface area contributed by atoms with Crippen LogP contribution in [0.5, 0.6) is 0 Å². The van der Waals surface area contributed by atoms with Crippen molar-refractivity contribution in [2.24, 2.45) is 7.05 Å². The number of aromatic amines is 1. The van der Waals surface area contributed by atoms with Gasteiger partial charge in [0, 0.05) is 49.2 Å². The van der Waals surface area contributed by atoms with Gasteiger partial charge in [0.2, 0.25) is 10.0 Å². The number of hydrogen-bond acceptors (Lipinski definition) is 4. The van der Waals surface area contributed by atoms with Crippen molar-refractivity contribution < 1.29 is 8.42 Å². The predicted molar refractivity (Wildman–Crippen MR) is 85.2 cm³/mol. The average Bonchev–Trinajstić information content (AvgIpc) is 3.04. The van der Waals surface area contributed by atoms with Crippen molar-refractivity contribution in [2.45, 2.75) is 24.3 Å². The number of sulfonamides is 1. The van der Waals surface area contributed by atoms with Crippen molar-refractivity contribution in [3.63, 3.8) is 0 Å². The molecule has 3 aromatic rings. The highest BCUT2D eigenvalue weighted by Crippen LogP contribution is 2.28. The number of hydrogen-bond donors (Lipinski definition) is 1. The first-order chi connectivity index (χ1) is 11.1. The predicted octanol–water partition coefficient (Wildman–Crippen LogP) is 1.43. The van der Waals surface area contributed by atoms with E-state index in [2.05, 4.69) is 15.1 Å². The van der Waals surface area contributed by atoms with Crippen molar-refractivity contribution in [3.8, 4) is 0 Å². The highest BCUT2D eigenvalue weighted by atomic mass is 32.2. The molecule has 1 aliphatic heterocycles. The van der Waals surface area contributed by atoms with Crippen LogP contribution in [0.25, 0.3) is 11.0 Å². The monoisotopic (exact) mass is 331 g/mol. The maximum Gasteiger partial charge on any atom is 0.245 e. The first-order valence-corrected chi connectivity index (χ1v) is 8.93. The van der Waals surface area contributed by atoms with Crippen LogP contribution in [0.1, 0.15) is 17.7 Å². The van der Waals surface area contributed by atoms with E-state index in [1.165, 1.54) is 10.5 Å². The number of nitrogens with one attached hydrogen (secondary N) is 1. The zero-order valence-electron chi connectivity index (χ0n) is 12.7. The molecule has 0 unspecified atom stereocenters. The Bertz CT molecular complexity index is 973. The minimum Gasteiger partial charge on any atom is -0.345 e. The SMILES string of the molecule is Cn1ncc2c1CCCN(S(=O)(=O)c1c[nH]c3ncccc13)C2. The molecule has 0 atom stereocenters. The lowest BCUT2D eigenvalue weighted by molar-refractivity contribution is 0.410. The molecule has 0 aliphatic carbocycles. The normalized spacial score (nSPS) is 16.4. The van der Waals surface area contributed by atoms with Gasteiger partial charge < -0.3 is 4.98 Å². The highest BCUT2D eigenvalue weighted by molar-refractivity contribution is 7.89. The Labute approximate surface area is 134 Å². The molecule has 0 spiro atoms. The minimum absolute atomic E-state index is 0.285. The highest BCUT2D eigenvalue weighted by Gasteiger charge is 2.30. The van der Waals surface area contributed by atoms with Crippen molar-refractivity contribution in [3.05, 3.63) is 42.0 Å². The van der Waals surface area contributed by atoms with E-state index in [0.717, 1.165) is 24.1 Å². The molecular weight excluding hydrogens is 314 g/mol. The van der Waals surface area contributed by atoms with E-state index < -0.39 is 10.0 Å². The molecule has 3 aromatic heterocycles. The molecular formula is C15H17N5O2S. The van der Waals surface area contributed by atoms with Gasteiger partial charge in [-0.25, -0.2) is 13.4 Å². The molecule has 4 heterocycles. The third kappa shape index (κ3) is 2.25. The summed E-state index contributed by atoms with van der Waals surface area (Å²) in [5.74, 6) is 0. The number of pyridine rings is 1. The topological polar surface area (TPSA) is 83.9 Å². The van der Waals surface area contributed by atoms with Crippen molar-refractivity contribution in [1.29, 1.82) is 0 Å². The Morgan fingerprint density at radius 1 is 1.35 bits per heavy atom. The van der Waals surface area contributed by atoms with E-state index in [-0.39, 0.29) is 4.90 Å². The van der Waals surface area contributed by atoms with Crippen LogP contribution in [0, 0.1) is 0 Å². The van der Waals surface area contributed by atoms with E-state index >= 15 is 0 Å². The first kappa shape index (κ1) is 14.4. The van der Waals surface area contributed by atoms with E-state index in [4.69, 9.17) is 0 Å². The average molecular weight is 331 g/mol. The van der Waals surface area contributed by atoms with Crippen LogP contribution in [-0.4, -0.2) is 39.0 Å². The maximum atomic E-state index is 13.1. The van der Waals surface area contributed by atoms with Gasteiger partial charge in [-0.3, -0.25) is 4.68 Å².